The third-order valence-corrected chi connectivity index (χ3v) is 5.29. The van der Waals surface area contributed by atoms with E-state index < -0.39 is 0 Å². The third-order valence-electron chi connectivity index (χ3n) is 3.11. The van der Waals surface area contributed by atoms with E-state index in [1.807, 2.05) is 0 Å². The first-order valence-corrected chi connectivity index (χ1v) is 8.83. The summed E-state index contributed by atoms with van der Waals surface area (Å²) in [4.78, 5) is 10.9. The second-order valence-electron chi connectivity index (χ2n) is 5.16. The quantitative estimate of drug-likeness (QED) is 0.356. The lowest BCUT2D eigenvalue weighted by Crippen LogP contribution is -1.89. The van der Waals surface area contributed by atoms with Crippen molar-refractivity contribution in [1.82, 2.24) is 9.97 Å². The van der Waals surface area contributed by atoms with E-state index in [4.69, 9.17) is 11.6 Å². The maximum atomic E-state index is 6.04. The molecule has 0 unspecified atom stereocenters. The average molecular weight is 335 g/mol. The Morgan fingerprint density at radius 3 is 2.48 bits per heavy atom. The number of nitrogens with zero attached hydrogens (tertiary/aromatic N) is 2. The van der Waals surface area contributed by atoms with E-state index in [1.165, 1.54) is 21.6 Å². The van der Waals surface area contributed by atoms with E-state index in [0.29, 0.717) is 5.28 Å². The Morgan fingerprint density at radius 2 is 1.76 bits per heavy atom. The molecule has 0 aliphatic carbocycles. The topological polar surface area (TPSA) is 25.8 Å². The van der Waals surface area contributed by atoms with Crippen LogP contribution in [0.4, 0.5) is 0 Å². The molecule has 0 saturated carbocycles. The Morgan fingerprint density at radius 1 is 1.05 bits per heavy atom. The first-order chi connectivity index (χ1) is 10.0. The van der Waals surface area contributed by atoms with Crippen LogP contribution < -0.4 is 0 Å². The number of thioether (sulfide) groups is 1. The van der Waals surface area contributed by atoms with Crippen molar-refractivity contribution in [2.75, 3.05) is 0 Å². The van der Waals surface area contributed by atoms with Crippen molar-refractivity contribution in [3.05, 3.63) is 51.1 Å². The van der Waals surface area contributed by atoms with Gasteiger partial charge in [0.1, 0.15) is 9.86 Å². The number of fused-ring (bicyclic) bond motifs is 1. The van der Waals surface area contributed by atoms with Crippen LogP contribution in [0.5, 0.6) is 0 Å². The normalized spacial score (nSPS) is 11.2. The number of thiophene rings is 1. The van der Waals surface area contributed by atoms with Gasteiger partial charge in [-0.05, 0) is 44.0 Å². The first kappa shape index (κ1) is 14.8. The van der Waals surface area contributed by atoms with Crippen LogP contribution in [0.1, 0.15) is 21.6 Å². The first-order valence-electron chi connectivity index (χ1n) is 6.65. The monoisotopic (exact) mass is 334 g/mol. The van der Waals surface area contributed by atoms with Crippen LogP contribution in [0.25, 0.3) is 10.2 Å². The van der Waals surface area contributed by atoms with Crippen molar-refractivity contribution >= 4 is 44.9 Å². The minimum atomic E-state index is 0.326. The summed E-state index contributed by atoms with van der Waals surface area (Å²) in [5.74, 6) is 0.889. The number of rotatable bonds is 3. The summed E-state index contributed by atoms with van der Waals surface area (Å²) in [5.41, 5.74) is 3.90. The van der Waals surface area contributed by atoms with Gasteiger partial charge in [-0.15, -0.1) is 23.1 Å². The summed E-state index contributed by atoms with van der Waals surface area (Å²) in [5, 5.41) is 2.40. The van der Waals surface area contributed by atoms with Gasteiger partial charge in [0.2, 0.25) is 5.28 Å². The molecule has 2 nitrogen and oxygen atoms in total. The molecule has 0 radical (unpaired) electrons. The van der Waals surface area contributed by atoms with E-state index in [1.54, 1.807) is 23.1 Å². The second-order valence-corrected chi connectivity index (χ2v) is 7.70. The SMILES string of the molecule is Cc1cc(C)cc(CSc2nc(Cl)nc3sc(C)cc23)c1. The molecule has 0 amide bonds. The van der Waals surface area contributed by atoms with Crippen LogP contribution in [-0.4, -0.2) is 9.97 Å². The van der Waals surface area contributed by atoms with E-state index >= 15 is 0 Å². The summed E-state index contributed by atoms with van der Waals surface area (Å²) in [7, 11) is 0. The minimum absolute atomic E-state index is 0.326. The smallest absolute Gasteiger partial charge is 0.211 e. The third kappa shape index (κ3) is 3.39. The van der Waals surface area contributed by atoms with Crippen molar-refractivity contribution < 1.29 is 0 Å². The fourth-order valence-electron chi connectivity index (χ4n) is 2.41. The molecule has 108 valence electrons. The molecule has 3 aromatic rings. The fourth-order valence-corrected chi connectivity index (χ4v) is 4.55. The van der Waals surface area contributed by atoms with Gasteiger partial charge >= 0.3 is 0 Å². The number of hydrogen-bond donors (Lipinski definition) is 0. The fraction of sp³-hybridized carbons (Fsp3) is 0.250. The summed E-state index contributed by atoms with van der Waals surface area (Å²) >= 11 is 9.41. The number of halogens is 1. The molecule has 5 heteroatoms. The molecule has 0 aliphatic heterocycles. The summed E-state index contributed by atoms with van der Waals surface area (Å²) in [6.45, 7) is 6.34. The van der Waals surface area contributed by atoms with Gasteiger partial charge in [0.25, 0.3) is 0 Å². The number of aryl methyl sites for hydroxylation is 3. The Hall–Kier alpha value is -1.10. The highest BCUT2D eigenvalue weighted by molar-refractivity contribution is 7.98. The van der Waals surface area contributed by atoms with Crippen molar-refractivity contribution in [2.45, 2.75) is 31.6 Å². The molecule has 0 N–H and O–H groups in total. The van der Waals surface area contributed by atoms with Crippen LogP contribution in [0.3, 0.4) is 0 Å². The van der Waals surface area contributed by atoms with Crippen LogP contribution in [0.15, 0.2) is 29.3 Å². The largest absolute Gasteiger partial charge is 0.224 e. The highest BCUT2D eigenvalue weighted by Gasteiger charge is 2.10. The lowest BCUT2D eigenvalue weighted by Gasteiger charge is -2.06. The number of hydrogen-bond acceptors (Lipinski definition) is 4. The average Bonchev–Trinajstić information content (AvgIpc) is 2.75. The van der Waals surface area contributed by atoms with Crippen LogP contribution >= 0.6 is 34.7 Å². The van der Waals surface area contributed by atoms with E-state index in [0.717, 1.165) is 21.0 Å². The zero-order valence-corrected chi connectivity index (χ0v) is 14.5. The van der Waals surface area contributed by atoms with Crippen molar-refractivity contribution in [3.63, 3.8) is 0 Å². The van der Waals surface area contributed by atoms with Gasteiger partial charge in [0, 0.05) is 16.0 Å². The lowest BCUT2D eigenvalue weighted by atomic mass is 10.1. The van der Waals surface area contributed by atoms with Gasteiger partial charge in [-0.1, -0.05) is 29.3 Å². The lowest BCUT2D eigenvalue weighted by molar-refractivity contribution is 1.11. The molecule has 1 aromatic carbocycles. The predicted molar refractivity (Wildman–Crippen MR) is 92.6 cm³/mol. The second kappa shape index (κ2) is 5.95. The highest BCUT2D eigenvalue weighted by atomic mass is 35.5. The van der Waals surface area contributed by atoms with Gasteiger partial charge < -0.3 is 0 Å². The molecule has 0 atom stereocenters. The molecular weight excluding hydrogens is 320 g/mol. The zero-order valence-electron chi connectivity index (χ0n) is 12.1. The molecular formula is C16H15ClN2S2. The molecule has 3 rings (SSSR count). The highest BCUT2D eigenvalue weighted by Crippen LogP contribution is 2.33. The maximum Gasteiger partial charge on any atom is 0.224 e. The molecule has 0 saturated heterocycles. The predicted octanol–water partition coefficient (Wildman–Crippen LogP) is 5.56. The van der Waals surface area contributed by atoms with Gasteiger partial charge in [-0.25, -0.2) is 9.97 Å². The van der Waals surface area contributed by atoms with Crippen molar-refractivity contribution in [3.8, 4) is 0 Å². The van der Waals surface area contributed by atoms with Crippen LogP contribution in [-0.2, 0) is 5.75 Å². The molecule has 2 aromatic heterocycles. The number of aromatic nitrogens is 2. The van der Waals surface area contributed by atoms with Crippen molar-refractivity contribution in [1.29, 1.82) is 0 Å². The summed E-state index contributed by atoms with van der Waals surface area (Å²) < 4.78 is 0. The number of benzene rings is 1. The molecule has 0 bridgehead atoms. The van der Waals surface area contributed by atoms with Gasteiger partial charge in [-0.2, -0.15) is 0 Å². The van der Waals surface area contributed by atoms with E-state index in [2.05, 4.69) is 55.0 Å². The van der Waals surface area contributed by atoms with E-state index in [9.17, 15) is 0 Å². The molecule has 21 heavy (non-hydrogen) atoms. The molecule has 0 spiro atoms. The summed E-state index contributed by atoms with van der Waals surface area (Å²) in [6.07, 6.45) is 0. The Kier molecular flexibility index (Phi) is 4.20. The van der Waals surface area contributed by atoms with Crippen molar-refractivity contribution in [2.24, 2.45) is 0 Å². The molecule has 2 heterocycles. The van der Waals surface area contributed by atoms with Gasteiger partial charge in [0.05, 0.1) is 0 Å². The van der Waals surface area contributed by atoms with E-state index in [-0.39, 0.29) is 0 Å². The zero-order chi connectivity index (χ0) is 15.0. The summed E-state index contributed by atoms with van der Waals surface area (Å²) in [6, 6.07) is 8.77. The van der Waals surface area contributed by atoms with Gasteiger partial charge in [0.15, 0.2) is 0 Å². The van der Waals surface area contributed by atoms with Gasteiger partial charge in [-0.3, -0.25) is 0 Å². The van der Waals surface area contributed by atoms with Crippen LogP contribution in [0, 0.1) is 20.8 Å². The standard InChI is InChI=1S/C16H15ClN2S2/c1-9-4-10(2)6-12(5-9)8-20-14-13-7-11(3)21-15(13)19-16(17)18-14/h4-7H,8H2,1-3H3. The molecule has 0 aliphatic rings. The molecule has 0 fully saturated rings. The Bertz CT molecular complexity index is 791. The Balaban J connectivity index is 1.91. The maximum absolute atomic E-state index is 6.04. The Labute approximate surface area is 137 Å². The van der Waals surface area contributed by atoms with Crippen LogP contribution in [0.2, 0.25) is 5.28 Å². The minimum Gasteiger partial charge on any atom is -0.211 e.